The van der Waals surface area contributed by atoms with Gasteiger partial charge in [0.1, 0.15) is 6.54 Å². The third-order valence-corrected chi connectivity index (χ3v) is 1.12. The number of amides is 2. The van der Waals surface area contributed by atoms with Crippen LogP contribution < -0.4 is 11.1 Å². The van der Waals surface area contributed by atoms with Crippen molar-refractivity contribution in [1.82, 2.24) is 11.1 Å². The van der Waals surface area contributed by atoms with Gasteiger partial charge < -0.3 is 10.1 Å². The zero-order valence-corrected chi connectivity index (χ0v) is 7.05. The maximum atomic E-state index is 10.7. The van der Waals surface area contributed by atoms with E-state index in [-0.39, 0.29) is 6.54 Å². The molecule has 2 amide bonds. The first-order valence-corrected chi connectivity index (χ1v) is 3.82. The Labute approximate surface area is 71.3 Å². The first-order chi connectivity index (χ1) is 5.66. The van der Waals surface area contributed by atoms with Crippen molar-refractivity contribution in [2.75, 3.05) is 13.2 Å². The van der Waals surface area contributed by atoms with Crippen LogP contribution in [0, 0.1) is 0 Å². The van der Waals surface area contributed by atoms with Crippen LogP contribution in [0.3, 0.4) is 0 Å². The molecular weight excluding hydrogens is 160 g/mol. The van der Waals surface area contributed by atoms with E-state index in [1.165, 1.54) is 0 Å². The highest BCUT2D eigenvalue weighted by Crippen LogP contribution is 1.87. The second kappa shape index (κ2) is 6.45. The fourth-order valence-electron chi connectivity index (χ4n) is 0.513. The molecule has 1 radical (unpaired) electrons. The summed E-state index contributed by atoms with van der Waals surface area (Å²) in [6.07, 6.45) is 1.12. The van der Waals surface area contributed by atoms with Crippen LogP contribution >= 0.6 is 0 Å². The lowest BCUT2D eigenvalue weighted by molar-refractivity contribution is -0.117. The Hall–Kier alpha value is -1.26. The molecule has 0 aliphatic carbocycles. The van der Waals surface area contributed by atoms with Gasteiger partial charge in [-0.15, -0.1) is 0 Å². The van der Waals surface area contributed by atoms with E-state index in [1.807, 2.05) is 6.92 Å². The highest BCUT2D eigenvalue weighted by Gasteiger charge is 2.02. The van der Waals surface area contributed by atoms with Crippen LogP contribution in [0.1, 0.15) is 19.8 Å². The lowest BCUT2D eigenvalue weighted by Crippen LogP contribution is -2.30. The predicted molar refractivity (Wildman–Crippen MR) is 42.4 cm³/mol. The van der Waals surface area contributed by atoms with Crippen LogP contribution in [-0.4, -0.2) is 25.2 Å². The quantitative estimate of drug-likeness (QED) is 0.608. The summed E-state index contributed by atoms with van der Waals surface area (Å²) in [5.74, 6) is -0.831. The zero-order chi connectivity index (χ0) is 9.40. The van der Waals surface area contributed by atoms with E-state index in [2.05, 4.69) is 10.1 Å². The largest absolute Gasteiger partial charge is 0.450 e. The number of hydrogen-bond donors (Lipinski definition) is 1. The molecule has 12 heavy (non-hydrogen) atoms. The molecule has 0 unspecified atom stereocenters. The van der Waals surface area contributed by atoms with Gasteiger partial charge in [-0.3, -0.25) is 10.5 Å². The van der Waals surface area contributed by atoms with Crippen LogP contribution in [0.2, 0.25) is 0 Å². The first kappa shape index (κ1) is 10.7. The second-order valence-electron chi connectivity index (χ2n) is 2.27. The fraction of sp³-hybridized carbons (Fsp3) is 0.714. The van der Waals surface area contributed by atoms with Crippen molar-refractivity contribution in [3.63, 3.8) is 0 Å². The molecule has 0 atom stereocenters. The van der Waals surface area contributed by atoms with Gasteiger partial charge >= 0.3 is 6.09 Å². The van der Waals surface area contributed by atoms with Gasteiger partial charge in [0.15, 0.2) is 0 Å². The minimum atomic E-state index is -0.831. The third-order valence-electron chi connectivity index (χ3n) is 1.12. The smallest absolute Gasteiger partial charge is 0.407 e. The van der Waals surface area contributed by atoms with Crippen LogP contribution in [0.15, 0.2) is 0 Å². The summed E-state index contributed by atoms with van der Waals surface area (Å²) in [6, 6.07) is 0. The topological polar surface area (TPSA) is 79.2 Å². The minimum absolute atomic E-state index is 0.287. The van der Waals surface area contributed by atoms with Gasteiger partial charge in [0.25, 0.3) is 5.91 Å². The molecule has 0 aliphatic rings. The van der Waals surface area contributed by atoms with E-state index < -0.39 is 12.0 Å². The van der Waals surface area contributed by atoms with Crippen LogP contribution in [0.25, 0.3) is 0 Å². The Balaban J connectivity index is 3.28. The van der Waals surface area contributed by atoms with Gasteiger partial charge in [-0.1, -0.05) is 13.3 Å². The van der Waals surface area contributed by atoms with Crippen molar-refractivity contribution < 1.29 is 14.3 Å². The Morgan fingerprint density at radius 3 is 2.67 bits per heavy atom. The number of alkyl carbamates (subject to hydrolysis) is 1. The molecule has 2 N–H and O–H groups in total. The molecule has 0 aliphatic heterocycles. The van der Waals surface area contributed by atoms with Gasteiger partial charge in [-0.25, -0.2) is 4.79 Å². The molecule has 0 spiro atoms. The monoisotopic (exact) mass is 173 g/mol. The van der Waals surface area contributed by atoms with E-state index in [4.69, 9.17) is 5.73 Å². The van der Waals surface area contributed by atoms with E-state index in [9.17, 15) is 9.59 Å². The van der Waals surface area contributed by atoms with Gasteiger partial charge in [0.2, 0.25) is 0 Å². The summed E-state index contributed by atoms with van der Waals surface area (Å²) in [4.78, 5) is 20.7. The van der Waals surface area contributed by atoms with Crippen molar-refractivity contribution in [2.24, 2.45) is 0 Å². The lowest BCUT2D eigenvalue weighted by Gasteiger charge is -2.03. The van der Waals surface area contributed by atoms with Crippen molar-refractivity contribution in [2.45, 2.75) is 19.8 Å². The zero-order valence-electron chi connectivity index (χ0n) is 7.05. The average Bonchev–Trinajstić information content (AvgIpc) is 2.01. The summed E-state index contributed by atoms with van der Waals surface area (Å²) < 4.78 is 4.65. The van der Waals surface area contributed by atoms with Gasteiger partial charge in [0, 0.05) is 0 Å². The number of carbonyl (C=O) groups excluding carboxylic acids is 2. The molecule has 0 fully saturated rings. The SMILES string of the molecule is CCCCOC(=O)NCC([NH])=O. The van der Waals surface area contributed by atoms with Crippen LogP contribution in [0.5, 0.6) is 0 Å². The van der Waals surface area contributed by atoms with E-state index in [0.29, 0.717) is 6.61 Å². The molecule has 0 saturated heterocycles. The Morgan fingerprint density at radius 2 is 2.17 bits per heavy atom. The Morgan fingerprint density at radius 1 is 1.50 bits per heavy atom. The molecule has 0 aromatic carbocycles. The van der Waals surface area contributed by atoms with E-state index in [1.54, 1.807) is 0 Å². The molecule has 0 aromatic heterocycles. The number of carbonyl (C=O) groups is 2. The van der Waals surface area contributed by atoms with Crippen molar-refractivity contribution in [3.05, 3.63) is 0 Å². The maximum absolute atomic E-state index is 10.7. The lowest BCUT2D eigenvalue weighted by atomic mass is 10.4. The molecule has 5 heteroatoms. The van der Waals surface area contributed by atoms with Crippen LogP contribution in [0.4, 0.5) is 4.79 Å². The molecule has 0 bridgehead atoms. The highest BCUT2D eigenvalue weighted by atomic mass is 16.5. The summed E-state index contributed by atoms with van der Waals surface area (Å²) >= 11 is 0. The van der Waals surface area contributed by atoms with Gasteiger partial charge in [-0.05, 0) is 6.42 Å². The number of hydrogen-bond acceptors (Lipinski definition) is 3. The molecule has 0 rings (SSSR count). The molecule has 69 valence electrons. The first-order valence-electron chi connectivity index (χ1n) is 3.82. The van der Waals surface area contributed by atoms with Crippen molar-refractivity contribution in [1.29, 1.82) is 0 Å². The van der Waals surface area contributed by atoms with E-state index in [0.717, 1.165) is 12.8 Å². The summed E-state index contributed by atoms with van der Waals surface area (Å²) in [5.41, 5.74) is 6.48. The average molecular weight is 173 g/mol. The molecule has 0 heterocycles. The molecule has 5 nitrogen and oxygen atoms in total. The standard InChI is InChI=1S/C7H13N2O3/c1-2-3-4-12-7(11)9-5-6(8)10/h8H,2-5H2,1H3,(H,9,11). The molecular formula is C7H13N2O3. The Bertz CT molecular complexity index is 159. The Kier molecular flexibility index (Phi) is 5.77. The number of nitrogens with one attached hydrogen (secondary N) is 2. The summed E-state index contributed by atoms with van der Waals surface area (Å²) in [6.45, 7) is 2.05. The molecule has 0 aromatic rings. The third kappa shape index (κ3) is 6.85. The second-order valence-corrected chi connectivity index (χ2v) is 2.27. The van der Waals surface area contributed by atoms with Gasteiger partial charge in [0.05, 0.1) is 6.61 Å². The summed E-state index contributed by atoms with van der Waals surface area (Å²) in [5, 5.41) is 2.14. The fourth-order valence-corrected chi connectivity index (χ4v) is 0.513. The van der Waals surface area contributed by atoms with Crippen LogP contribution in [-0.2, 0) is 9.53 Å². The number of ether oxygens (including phenoxy) is 1. The van der Waals surface area contributed by atoms with E-state index >= 15 is 0 Å². The number of unbranched alkanes of at least 4 members (excludes halogenated alkanes) is 1. The van der Waals surface area contributed by atoms with Gasteiger partial charge in [-0.2, -0.15) is 0 Å². The van der Waals surface area contributed by atoms with Crippen molar-refractivity contribution >= 4 is 12.0 Å². The number of rotatable bonds is 5. The summed E-state index contributed by atoms with van der Waals surface area (Å²) in [7, 11) is 0. The maximum Gasteiger partial charge on any atom is 0.407 e. The van der Waals surface area contributed by atoms with Crippen molar-refractivity contribution in [3.8, 4) is 0 Å². The highest BCUT2D eigenvalue weighted by molar-refractivity contribution is 5.79. The molecule has 0 saturated carbocycles. The predicted octanol–water partition coefficient (Wildman–Crippen LogP) is 0.322. The normalized spacial score (nSPS) is 9.08. The minimum Gasteiger partial charge on any atom is -0.450 e.